The SMILES string of the molecule is Cc1cccc(OC(C)CN=C(N)Nc2ccc3c(c2)OCCCO3)c1. The van der Waals surface area contributed by atoms with Gasteiger partial charge in [0.15, 0.2) is 17.5 Å². The number of anilines is 1. The first-order valence-corrected chi connectivity index (χ1v) is 8.80. The normalized spacial score (nSPS) is 15.1. The summed E-state index contributed by atoms with van der Waals surface area (Å²) in [5.74, 6) is 2.64. The Morgan fingerprint density at radius 3 is 2.81 bits per heavy atom. The van der Waals surface area contributed by atoms with Crippen LogP contribution < -0.4 is 25.3 Å². The molecule has 6 nitrogen and oxygen atoms in total. The van der Waals surface area contributed by atoms with Crippen molar-refractivity contribution < 1.29 is 14.2 Å². The second-order valence-corrected chi connectivity index (χ2v) is 6.31. The standard InChI is InChI=1S/C20H25N3O3/c1-14-5-3-6-17(11-14)26-15(2)13-22-20(21)23-16-7-8-18-19(12-16)25-10-4-9-24-18/h3,5-8,11-12,15H,4,9-10,13H2,1-2H3,(H3,21,22,23). The van der Waals surface area contributed by atoms with Gasteiger partial charge in [0.2, 0.25) is 0 Å². The summed E-state index contributed by atoms with van der Waals surface area (Å²) in [6.45, 7) is 5.77. The van der Waals surface area contributed by atoms with Crippen LogP contribution in [0.15, 0.2) is 47.5 Å². The second-order valence-electron chi connectivity index (χ2n) is 6.31. The number of aliphatic imine (C=N–C) groups is 1. The van der Waals surface area contributed by atoms with Crippen molar-refractivity contribution in [1.82, 2.24) is 0 Å². The van der Waals surface area contributed by atoms with E-state index in [4.69, 9.17) is 19.9 Å². The maximum Gasteiger partial charge on any atom is 0.193 e. The van der Waals surface area contributed by atoms with Gasteiger partial charge in [0, 0.05) is 18.2 Å². The van der Waals surface area contributed by atoms with Crippen molar-refractivity contribution in [3.05, 3.63) is 48.0 Å². The van der Waals surface area contributed by atoms with E-state index < -0.39 is 0 Å². The molecule has 1 unspecified atom stereocenters. The predicted octanol–water partition coefficient (Wildman–Crippen LogP) is 3.35. The van der Waals surface area contributed by atoms with Crippen molar-refractivity contribution in [2.45, 2.75) is 26.4 Å². The molecule has 3 rings (SSSR count). The number of nitrogens with two attached hydrogens (primary N) is 1. The molecule has 0 spiro atoms. The van der Waals surface area contributed by atoms with Crippen LogP contribution in [0.1, 0.15) is 18.9 Å². The first-order chi connectivity index (χ1) is 12.6. The highest BCUT2D eigenvalue weighted by molar-refractivity contribution is 5.92. The van der Waals surface area contributed by atoms with E-state index in [0.717, 1.165) is 34.9 Å². The number of hydrogen-bond donors (Lipinski definition) is 2. The van der Waals surface area contributed by atoms with Gasteiger partial charge in [0.1, 0.15) is 11.9 Å². The number of nitrogens with one attached hydrogen (secondary N) is 1. The predicted molar refractivity (Wildman–Crippen MR) is 103 cm³/mol. The number of rotatable bonds is 5. The van der Waals surface area contributed by atoms with Gasteiger partial charge >= 0.3 is 0 Å². The third kappa shape index (κ3) is 5.05. The Morgan fingerprint density at radius 2 is 2.00 bits per heavy atom. The second kappa shape index (κ2) is 8.47. The van der Waals surface area contributed by atoms with E-state index in [1.165, 1.54) is 0 Å². The van der Waals surface area contributed by atoms with Crippen molar-refractivity contribution in [2.24, 2.45) is 10.7 Å². The maximum atomic E-state index is 5.99. The van der Waals surface area contributed by atoms with Crippen LogP contribution in [-0.4, -0.2) is 31.8 Å². The fraction of sp³-hybridized carbons (Fsp3) is 0.350. The summed E-state index contributed by atoms with van der Waals surface area (Å²) in [6, 6.07) is 13.6. The van der Waals surface area contributed by atoms with Gasteiger partial charge in [-0.15, -0.1) is 0 Å². The van der Waals surface area contributed by atoms with Gasteiger partial charge in [0.25, 0.3) is 0 Å². The third-order valence-electron chi connectivity index (χ3n) is 3.87. The summed E-state index contributed by atoms with van der Waals surface area (Å²) in [7, 11) is 0. The van der Waals surface area contributed by atoms with Crippen molar-refractivity contribution in [3.63, 3.8) is 0 Å². The lowest BCUT2D eigenvalue weighted by Gasteiger charge is -2.14. The topological polar surface area (TPSA) is 78.1 Å². The number of hydrogen-bond acceptors (Lipinski definition) is 4. The molecule has 2 aromatic carbocycles. The monoisotopic (exact) mass is 355 g/mol. The molecule has 0 saturated heterocycles. The summed E-state index contributed by atoms with van der Waals surface area (Å²) < 4.78 is 17.2. The van der Waals surface area contributed by atoms with E-state index in [1.807, 2.05) is 56.3 Å². The zero-order valence-electron chi connectivity index (χ0n) is 15.2. The van der Waals surface area contributed by atoms with Crippen molar-refractivity contribution in [3.8, 4) is 17.2 Å². The summed E-state index contributed by atoms with van der Waals surface area (Å²) in [4.78, 5) is 4.35. The molecule has 0 saturated carbocycles. The Kier molecular flexibility index (Phi) is 5.84. The number of ether oxygens (including phenoxy) is 3. The van der Waals surface area contributed by atoms with Crippen LogP contribution in [0, 0.1) is 6.92 Å². The molecule has 6 heteroatoms. The summed E-state index contributed by atoms with van der Waals surface area (Å²) in [6.07, 6.45) is 0.792. The van der Waals surface area contributed by atoms with Gasteiger partial charge in [-0.05, 0) is 43.7 Å². The van der Waals surface area contributed by atoms with E-state index in [0.29, 0.717) is 25.7 Å². The molecule has 26 heavy (non-hydrogen) atoms. The van der Waals surface area contributed by atoms with Crippen LogP contribution in [-0.2, 0) is 0 Å². The number of benzene rings is 2. The Morgan fingerprint density at radius 1 is 1.19 bits per heavy atom. The Balaban J connectivity index is 1.55. The molecule has 0 aromatic heterocycles. The van der Waals surface area contributed by atoms with Crippen LogP contribution >= 0.6 is 0 Å². The number of fused-ring (bicyclic) bond motifs is 1. The Bertz CT molecular complexity index is 777. The summed E-state index contributed by atoms with van der Waals surface area (Å²) in [5.41, 5.74) is 7.96. The lowest BCUT2D eigenvalue weighted by atomic mass is 10.2. The van der Waals surface area contributed by atoms with Gasteiger partial charge in [0.05, 0.1) is 19.8 Å². The highest BCUT2D eigenvalue weighted by Crippen LogP contribution is 2.32. The van der Waals surface area contributed by atoms with Crippen LogP contribution in [0.2, 0.25) is 0 Å². The minimum atomic E-state index is -0.0825. The molecular weight excluding hydrogens is 330 g/mol. The molecule has 2 aromatic rings. The fourth-order valence-corrected chi connectivity index (χ4v) is 2.61. The molecule has 0 fully saturated rings. The van der Waals surface area contributed by atoms with E-state index in [1.54, 1.807) is 0 Å². The van der Waals surface area contributed by atoms with Crippen molar-refractivity contribution in [2.75, 3.05) is 25.1 Å². The first-order valence-electron chi connectivity index (χ1n) is 8.80. The van der Waals surface area contributed by atoms with E-state index in [2.05, 4.69) is 10.3 Å². The number of nitrogens with zero attached hydrogens (tertiary/aromatic N) is 1. The minimum absolute atomic E-state index is 0.0825. The van der Waals surface area contributed by atoms with Crippen molar-refractivity contribution >= 4 is 11.6 Å². The average molecular weight is 355 g/mol. The smallest absolute Gasteiger partial charge is 0.193 e. The first kappa shape index (κ1) is 17.9. The summed E-state index contributed by atoms with van der Waals surface area (Å²) >= 11 is 0. The molecule has 1 heterocycles. The van der Waals surface area contributed by atoms with Crippen LogP contribution in [0.5, 0.6) is 17.2 Å². The fourth-order valence-electron chi connectivity index (χ4n) is 2.61. The highest BCUT2D eigenvalue weighted by Gasteiger charge is 2.11. The minimum Gasteiger partial charge on any atom is -0.490 e. The Hall–Kier alpha value is -2.89. The molecule has 138 valence electrons. The van der Waals surface area contributed by atoms with E-state index >= 15 is 0 Å². The van der Waals surface area contributed by atoms with Gasteiger partial charge in [-0.2, -0.15) is 0 Å². The van der Waals surface area contributed by atoms with Crippen LogP contribution in [0.4, 0.5) is 5.69 Å². The average Bonchev–Trinajstić information content (AvgIpc) is 2.85. The third-order valence-corrected chi connectivity index (χ3v) is 3.87. The van der Waals surface area contributed by atoms with E-state index in [9.17, 15) is 0 Å². The molecule has 0 aliphatic carbocycles. The maximum absolute atomic E-state index is 5.99. The molecule has 1 aliphatic heterocycles. The zero-order chi connectivity index (χ0) is 18.4. The van der Waals surface area contributed by atoms with Crippen LogP contribution in [0.3, 0.4) is 0 Å². The van der Waals surface area contributed by atoms with Gasteiger partial charge in [-0.1, -0.05) is 12.1 Å². The lowest BCUT2D eigenvalue weighted by molar-refractivity contribution is 0.230. The molecule has 1 atom stereocenters. The zero-order valence-corrected chi connectivity index (χ0v) is 15.2. The quantitative estimate of drug-likeness (QED) is 0.635. The van der Waals surface area contributed by atoms with Gasteiger partial charge < -0.3 is 25.3 Å². The van der Waals surface area contributed by atoms with Crippen LogP contribution in [0.25, 0.3) is 0 Å². The van der Waals surface area contributed by atoms with Gasteiger partial charge in [-0.3, -0.25) is 0 Å². The number of guanidine groups is 1. The largest absolute Gasteiger partial charge is 0.490 e. The molecule has 0 bridgehead atoms. The molecule has 3 N–H and O–H groups in total. The molecular formula is C20H25N3O3. The van der Waals surface area contributed by atoms with Crippen molar-refractivity contribution in [1.29, 1.82) is 0 Å². The summed E-state index contributed by atoms with van der Waals surface area (Å²) in [5, 5.41) is 3.08. The Labute approximate surface area is 154 Å². The lowest BCUT2D eigenvalue weighted by Crippen LogP contribution is -2.25. The van der Waals surface area contributed by atoms with E-state index in [-0.39, 0.29) is 6.10 Å². The molecule has 1 aliphatic rings. The number of aryl methyl sites for hydroxylation is 1. The molecule has 0 radical (unpaired) electrons. The highest BCUT2D eigenvalue weighted by atomic mass is 16.5. The van der Waals surface area contributed by atoms with Gasteiger partial charge in [-0.25, -0.2) is 4.99 Å². The molecule has 0 amide bonds.